The summed E-state index contributed by atoms with van der Waals surface area (Å²) in [5.74, 6) is 0.855. The van der Waals surface area contributed by atoms with Gasteiger partial charge in [-0.15, -0.1) is 0 Å². The summed E-state index contributed by atoms with van der Waals surface area (Å²) < 4.78 is 1.92. The van der Waals surface area contributed by atoms with Crippen molar-refractivity contribution in [3.05, 3.63) is 47.3 Å². The molecule has 2 aromatic rings. The van der Waals surface area contributed by atoms with Crippen molar-refractivity contribution >= 4 is 11.6 Å². The number of rotatable bonds is 3. The first kappa shape index (κ1) is 11.1. The summed E-state index contributed by atoms with van der Waals surface area (Å²) in [6.45, 7) is 0. The Bertz CT molecular complexity index is 480. The summed E-state index contributed by atoms with van der Waals surface area (Å²) in [7, 11) is 1.93. The Labute approximate surface area is 99.1 Å². The summed E-state index contributed by atoms with van der Waals surface area (Å²) in [5.41, 5.74) is 7.07. The summed E-state index contributed by atoms with van der Waals surface area (Å²) >= 11 is 6.02. The van der Waals surface area contributed by atoms with E-state index in [0.717, 1.165) is 11.4 Å². The van der Waals surface area contributed by atoms with E-state index in [1.807, 2.05) is 23.9 Å². The van der Waals surface area contributed by atoms with Crippen LogP contribution in [0.4, 0.5) is 0 Å². The third-order valence-corrected chi connectivity index (χ3v) is 2.83. The molecule has 0 aromatic carbocycles. The predicted molar refractivity (Wildman–Crippen MR) is 63.1 cm³/mol. The van der Waals surface area contributed by atoms with Gasteiger partial charge in [0.2, 0.25) is 0 Å². The van der Waals surface area contributed by atoms with Gasteiger partial charge in [0.05, 0.1) is 11.1 Å². The topological polar surface area (TPSA) is 56.7 Å². The fourth-order valence-corrected chi connectivity index (χ4v) is 1.83. The van der Waals surface area contributed by atoms with E-state index in [-0.39, 0.29) is 6.04 Å². The number of imidazole rings is 1. The summed E-state index contributed by atoms with van der Waals surface area (Å²) in [4.78, 5) is 8.16. The second-order valence-corrected chi connectivity index (χ2v) is 4.08. The zero-order chi connectivity index (χ0) is 11.5. The number of aromatic nitrogens is 3. The fourth-order valence-electron chi connectivity index (χ4n) is 1.63. The Balaban J connectivity index is 2.17. The number of hydrogen-bond donors (Lipinski definition) is 1. The highest BCUT2D eigenvalue weighted by atomic mass is 35.5. The van der Waals surface area contributed by atoms with Gasteiger partial charge in [-0.05, 0) is 18.1 Å². The molecule has 4 nitrogen and oxygen atoms in total. The Morgan fingerprint density at radius 1 is 1.50 bits per heavy atom. The van der Waals surface area contributed by atoms with Gasteiger partial charge in [-0.25, -0.2) is 4.98 Å². The molecule has 0 bridgehead atoms. The highest BCUT2D eigenvalue weighted by Gasteiger charge is 2.13. The van der Waals surface area contributed by atoms with E-state index in [1.165, 1.54) is 0 Å². The minimum Gasteiger partial charge on any atom is -0.337 e. The molecule has 0 aliphatic carbocycles. The molecule has 0 amide bonds. The van der Waals surface area contributed by atoms with E-state index in [4.69, 9.17) is 17.3 Å². The van der Waals surface area contributed by atoms with Crippen LogP contribution in [0.5, 0.6) is 0 Å². The summed E-state index contributed by atoms with van der Waals surface area (Å²) in [5, 5.41) is 0.646. The van der Waals surface area contributed by atoms with Gasteiger partial charge in [-0.1, -0.05) is 11.6 Å². The van der Waals surface area contributed by atoms with Crippen molar-refractivity contribution < 1.29 is 0 Å². The summed E-state index contributed by atoms with van der Waals surface area (Å²) in [6.07, 6.45) is 7.62. The predicted octanol–water partition coefficient (Wildman–Crippen LogP) is 1.71. The van der Waals surface area contributed by atoms with Crippen molar-refractivity contribution in [3.63, 3.8) is 0 Å². The van der Waals surface area contributed by atoms with Crippen LogP contribution < -0.4 is 5.73 Å². The van der Waals surface area contributed by atoms with E-state index >= 15 is 0 Å². The molecule has 0 fully saturated rings. The maximum Gasteiger partial charge on any atom is 0.125 e. The normalized spacial score (nSPS) is 12.7. The molecule has 2 aromatic heterocycles. The molecule has 0 spiro atoms. The molecule has 2 rings (SSSR count). The van der Waals surface area contributed by atoms with E-state index in [2.05, 4.69) is 9.97 Å². The minimum atomic E-state index is -0.153. The van der Waals surface area contributed by atoms with Gasteiger partial charge in [0.25, 0.3) is 0 Å². The van der Waals surface area contributed by atoms with Gasteiger partial charge in [-0.2, -0.15) is 0 Å². The fraction of sp³-hybridized carbons (Fsp3) is 0.273. The monoisotopic (exact) mass is 236 g/mol. The van der Waals surface area contributed by atoms with Crippen molar-refractivity contribution in [2.24, 2.45) is 12.8 Å². The van der Waals surface area contributed by atoms with Gasteiger partial charge in [0.1, 0.15) is 5.82 Å². The van der Waals surface area contributed by atoms with Crippen molar-refractivity contribution in [3.8, 4) is 0 Å². The minimum absolute atomic E-state index is 0.153. The maximum atomic E-state index is 6.08. The lowest BCUT2D eigenvalue weighted by Gasteiger charge is -2.12. The van der Waals surface area contributed by atoms with Gasteiger partial charge in [0, 0.05) is 31.8 Å². The van der Waals surface area contributed by atoms with Crippen molar-refractivity contribution in [1.29, 1.82) is 0 Å². The molecule has 0 aliphatic rings. The number of nitrogens with zero attached hydrogens (tertiary/aromatic N) is 3. The Morgan fingerprint density at radius 3 is 2.94 bits per heavy atom. The molecule has 16 heavy (non-hydrogen) atoms. The van der Waals surface area contributed by atoms with E-state index in [9.17, 15) is 0 Å². The van der Waals surface area contributed by atoms with Crippen LogP contribution in [0, 0.1) is 0 Å². The van der Waals surface area contributed by atoms with Crippen molar-refractivity contribution in [1.82, 2.24) is 14.5 Å². The number of halogens is 1. The first-order chi connectivity index (χ1) is 7.68. The van der Waals surface area contributed by atoms with Crippen LogP contribution in [0.15, 0.2) is 30.9 Å². The molecule has 0 aliphatic heterocycles. The number of hydrogen-bond acceptors (Lipinski definition) is 3. The van der Waals surface area contributed by atoms with Crippen LogP contribution >= 0.6 is 11.6 Å². The second-order valence-electron chi connectivity index (χ2n) is 3.67. The molecule has 84 valence electrons. The molecule has 2 N–H and O–H groups in total. The lowest BCUT2D eigenvalue weighted by molar-refractivity contribution is 0.632. The van der Waals surface area contributed by atoms with Crippen molar-refractivity contribution in [2.75, 3.05) is 0 Å². The third kappa shape index (κ3) is 2.23. The Kier molecular flexibility index (Phi) is 3.22. The summed E-state index contributed by atoms with van der Waals surface area (Å²) in [6, 6.07) is 1.73. The van der Waals surface area contributed by atoms with Crippen LogP contribution in [0.25, 0.3) is 0 Å². The van der Waals surface area contributed by atoms with Crippen molar-refractivity contribution in [2.45, 2.75) is 12.5 Å². The largest absolute Gasteiger partial charge is 0.337 e. The lowest BCUT2D eigenvalue weighted by atomic mass is 10.1. The van der Waals surface area contributed by atoms with Gasteiger partial charge >= 0.3 is 0 Å². The van der Waals surface area contributed by atoms with Crippen LogP contribution in [-0.4, -0.2) is 14.5 Å². The number of aryl methyl sites for hydroxylation is 1. The van der Waals surface area contributed by atoms with Gasteiger partial charge in [-0.3, -0.25) is 4.98 Å². The SMILES string of the molecule is Cn1ccnc1C(N)Cc1ccncc1Cl. The van der Waals surface area contributed by atoms with Crippen LogP contribution in [0.3, 0.4) is 0 Å². The lowest BCUT2D eigenvalue weighted by Crippen LogP contribution is -2.18. The molecule has 5 heteroatoms. The quantitative estimate of drug-likeness (QED) is 0.883. The molecule has 2 heterocycles. The third-order valence-electron chi connectivity index (χ3n) is 2.49. The maximum absolute atomic E-state index is 6.08. The van der Waals surface area contributed by atoms with E-state index < -0.39 is 0 Å². The molecule has 1 unspecified atom stereocenters. The highest BCUT2D eigenvalue weighted by molar-refractivity contribution is 6.31. The average molecular weight is 237 g/mol. The first-order valence-corrected chi connectivity index (χ1v) is 5.37. The highest BCUT2D eigenvalue weighted by Crippen LogP contribution is 2.19. The Morgan fingerprint density at radius 2 is 2.31 bits per heavy atom. The number of nitrogens with two attached hydrogens (primary N) is 1. The van der Waals surface area contributed by atoms with Crippen LogP contribution in [0.2, 0.25) is 5.02 Å². The van der Waals surface area contributed by atoms with Gasteiger partial charge < -0.3 is 10.3 Å². The molecule has 0 saturated carbocycles. The zero-order valence-corrected chi connectivity index (χ0v) is 9.72. The molecule has 0 saturated heterocycles. The van der Waals surface area contributed by atoms with Gasteiger partial charge in [0.15, 0.2) is 0 Å². The molecular weight excluding hydrogens is 224 g/mol. The molecular formula is C11H13ClN4. The molecule has 0 radical (unpaired) electrons. The number of pyridine rings is 1. The Hall–Kier alpha value is -1.39. The van der Waals surface area contributed by atoms with E-state index in [1.54, 1.807) is 18.6 Å². The second kappa shape index (κ2) is 4.63. The first-order valence-electron chi connectivity index (χ1n) is 4.99. The molecule has 1 atom stereocenters. The standard InChI is InChI=1S/C11H13ClN4/c1-16-5-4-15-11(16)10(13)6-8-2-3-14-7-9(8)12/h2-5,7,10H,6,13H2,1H3. The van der Waals surface area contributed by atoms with Crippen LogP contribution in [0.1, 0.15) is 17.4 Å². The zero-order valence-electron chi connectivity index (χ0n) is 8.97. The van der Waals surface area contributed by atoms with E-state index in [0.29, 0.717) is 11.4 Å². The smallest absolute Gasteiger partial charge is 0.125 e. The average Bonchev–Trinajstić information content (AvgIpc) is 2.68. The van der Waals surface area contributed by atoms with Crippen LogP contribution in [-0.2, 0) is 13.5 Å².